The van der Waals surface area contributed by atoms with Gasteiger partial charge in [0.05, 0.1) is 17.1 Å². The lowest BCUT2D eigenvalue weighted by molar-refractivity contribution is 0.633. The Balaban J connectivity index is 2.08. The van der Waals surface area contributed by atoms with E-state index in [-0.39, 0.29) is 5.04 Å². The Morgan fingerprint density at radius 2 is 2.04 bits per heavy atom. The predicted molar refractivity (Wildman–Crippen MR) is 117 cm³/mol. The van der Waals surface area contributed by atoms with Crippen molar-refractivity contribution in [3.8, 4) is 0 Å². The lowest BCUT2D eigenvalue weighted by Gasteiger charge is -2.18. The molecule has 1 aliphatic heterocycles. The molecule has 1 aromatic rings. The van der Waals surface area contributed by atoms with E-state index < -0.39 is 11.7 Å². The molecule has 1 aliphatic rings. The fourth-order valence-electron chi connectivity index (χ4n) is 2.27. The van der Waals surface area contributed by atoms with E-state index in [4.69, 9.17) is 17.0 Å². The van der Waals surface area contributed by atoms with Gasteiger partial charge in [0.1, 0.15) is 11.7 Å². The van der Waals surface area contributed by atoms with Crippen molar-refractivity contribution in [3.05, 3.63) is 101 Å². The zero-order valence-corrected chi connectivity index (χ0v) is 16.5. The van der Waals surface area contributed by atoms with Gasteiger partial charge in [-0.2, -0.15) is 0 Å². The largest absolute Gasteiger partial charge is 0.346 e. The highest BCUT2D eigenvalue weighted by atomic mass is 35.5. The van der Waals surface area contributed by atoms with Crippen molar-refractivity contribution in [2.24, 2.45) is 4.99 Å². The van der Waals surface area contributed by atoms with Gasteiger partial charge in [0, 0.05) is 33.7 Å². The van der Waals surface area contributed by atoms with Crippen LogP contribution in [0, 0.1) is 5.41 Å². The molecule has 0 saturated heterocycles. The summed E-state index contributed by atoms with van der Waals surface area (Å²) >= 11 is 7.49. The van der Waals surface area contributed by atoms with E-state index in [1.165, 1.54) is 24.2 Å². The van der Waals surface area contributed by atoms with Crippen LogP contribution in [0.1, 0.15) is 5.56 Å². The number of nitrogens with one attached hydrogen (secondary N) is 2. The first-order chi connectivity index (χ1) is 13.4. The van der Waals surface area contributed by atoms with Gasteiger partial charge in [0.2, 0.25) is 0 Å². The molecule has 1 heterocycles. The first kappa shape index (κ1) is 21.6. The molecule has 144 valence electrons. The maximum absolute atomic E-state index is 13.2. The van der Waals surface area contributed by atoms with Crippen molar-refractivity contribution in [2.45, 2.75) is 0 Å². The van der Waals surface area contributed by atoms with E-state index in [2.05, 4.69) is 23.5 Å². The second kappa shape index (κ2) is 10.6. The Bertz CT molecular complexity index is 943. The maximum Gasteiger partial charge on any atom is 0.125 e. The van der Waals surface area contributed by atoms with E-state index in [0.29, 0.717) is 28.2 Å². The molecular formula is C21H18ClF2N3S. The molecule has 0 atom stereocenters. The molecule has 0 amide bonds. The Morgan fingerprint density at radius 1 is 1.29 bits per heavy atom. The van der Waals surface area contributed by atoms with Gasteiger partial charge in [-0.1, -0.05) is 49.0 Å². The monoisotopic (exact) mass is 417 g/mol. The average Bonchev–Trinajstić information content (AvgIpc) is 2.64. The Morgan fingerprint density at radius 3 is 2.75 bits per heavy atom. The average molecular weight is 418 g/mol. The van der Waals surface area contributed by atoms with E-state index in [0.717, 1.165) is 17.2 Å². The van der Waals surface area contributed by atoms with Crippen LogP contribution in [0.2, 0.25) is 5.02 Å². The number of hydrogen-bond donors (Lipinski definition) is 2. The van der Waals surface area contributed by atoms with E-state index in [1.54, 1.807) is 18.2 Å². The molecule has 0 bridgehead atoms. The van der Waals surface area contributed by atoms with Crippen LogP contribution in [0.3, 0.4) is 0 Å². The summed E-state index contributed by atoms with van der Waals surface area (Å²) in [7, 11) is 0. The molecule has 0 spiro atoms. The smallest absolute Gasteiger partial charge is 0.125 e. The highest BCUT2D eigenvalue weighted by Crippen LogP contribution is 2.32. The van der Waals surface area contributed by atoms with Gasteiger partial charge in [-0.15, -0.1) is 11.8 Å². The molecule has 0 radical (unpaired) electrons. The van der Waals surface area contributed by atoms with Crippen LogP contribution >= 0.6 is 23.4 Å². The summed E-state index contributed by atoms with van der Waals surface area (Å²) in [6, 6.07) is 7.37. The molecule has 28 heavy (non-hydrogen) atoms. The highest BCUT2D eigenvalue weighted by Gasteiger charge is 2.16. The lowest BCUT2D eigenvalue weighted by Crippen LogP contribution is -2.16. The summed E-state index contributed by atoms with van der Waals surface area (Å²) in [5.74, 6) is -1.21. The third kappa shape index (κ3) is 6.48. The minimum atomic E-state index is -0.849. The number of benzene rings is 1. The SMILES string of the molecule is C=C(F)/C=C(F)\C=C/CSC(=N)/C=C\C1=C(c2ccccc2Cl)C(=C)N=CN1. The minimum Gasteiger partial charge on any atom is -0.346 e. The molecule has 0 aliphatic carbocycles. The zero-order valence-electron chi connectivity index (χ0n) is 14.9. The predicted octanol–water partition coefficient (Wildman–Crippen LogP) is 6.36. The molecule has 0 aromatic heterocycles. The van der Waals surface area contributed by atoms with Gasteiger partial charge in [-0.25, -0.2) is 13.8 Å². The standard InChI is InChI=1S/C21H18ClF2N3S/c1-14(23)12-16(24)6-5-11-28-20(25)10-9-19-21(15(2)26-13-27-19)17-7-3-4-8-18(17)22/h3-10,12-13,25H,1-2,11H2,(H,26,27)/b6-5-,10-9-,16-12+,25-20?. The summed E-state index contributed by atoms with van der Waals surface area (Å²) in [4.78, 5) is 4.18. The normalized spacial score (nSPS) is 14.8. The fourth-order valence-corrected chi connectivity index (χ4v) is 3.04. The maximum atomic E-state index is 13.2. The molecule has 0 fully saturated rings. The van der Waals surface area contributed by atoms with Gasteiger partial charge in [0.25, 0.3) is 0 Å². The molecule has 2 N–H and O–H groups in total. The topological polar surface area (TPSA) is 48.2 Å². The van der Waals surface area contributed by atoms with Crippen molar-refractivity contribution in [2.75, 3.05) is 5.75 Å². The van der Waals surface area contributed by atoms with Crippen LogP contribution in [0.5, 0.6) is 0 Å². The summed E-state index contributed by atoms with van der Waals surface area (Å²) in [6.07, 6.45) is 8.20. The van der Waals surface area contributed by atoms with Gasteiger partial charge in [-0.05, 0) is 24.3 Å². The Labute approximate surface area is 172 Å². The third-order valence-corrected chi connectivity index (χ3v) is 4.59. The summed E-state index contributed by atoms with van der Waals surface area (Å²) in [5, 5.41) is 11.9. The second-order valence-electron chi connectivity index (χ2n) is 5.50. The number of aliphatic imine (C=N–C) groups is 1. The summed E-state index contributed by atoms with van der Waals surface area (Å²) in [6.45, 7) is 6.92. The lowest BCUT2D eigenvalue weighted by atomic mass is 10.00. The van der Waals surface area contributed by atoms with Crippen molar-refractivity contribution in [1.29, 1.82) is 5.41 Å². The van der Waals surface area contributed by atoms with Crippen LogP contribution < -0.4 is 5.32 Å². The zero-order chi connectivity index (χ0) is 20.5. The molecule has 3 nitrogen and oxygen atoms in total. The van der Waals surface area contributed by atoms with Crippen molar-refractivity contribution >= 4 is 40.3 Å². The first-order valence-corrected chi connectivity index (χ1v) is 9.50. The van der Waals surface area contributed by atoms with E-state index in [1.807, 2.05) is 18.2 Å². The number of allylic oxidation sites excluding steroid dienone is 6. The van der Waals surface area contributed by atoms with Crippen LogP contribution in [-0.2, 0) is 0 Å². The quantitative estimate of drug-likeness (QED) is 0.308. The Hall–Kier alpha value is -2.70. The van der Waals surface area contributed by atoms with Crippen LogP contribution in [0.25, 0.3) is 5.57 Å². The Kier molecular flexibility index (Phi) is 8.17. The molecule has 7 heteroatoms. The third-order valence-electron chi connectivity index (χ3n) is 3.45. The molecule has 2 rings (SSSR count). The van der Waals surface area contributed by atoms with E-state index >= 15 is 0 Å². The second-order valence-corrected chi connectivity index (χ2v) is 6.97. The number of rotatable bonds is 7. The number of thioether (sulfide) groups is 1. The van der Waals surface area contributed by atoms with Gasteiger partial charge in [-0.3, -0.25) is 5.41 Å². The van der Waals surface area contributed by atoms with Crippen LogP contribution in [0.15, 0.2) is 95.8 Å². The van der Waals surface area contributed by atoms with Gasteiger partial charge >= 0.3 is 0 Å². The first-order valence-electron chi connectivity index (χ1n) is 8.13. The van der Waals surface area contributed by atoms with Crippen molar-refractivity contribution in [1.82, 2.24) is 5.32 Å². The van der Waals surface area contributed by atoms with Crippen LogP contribution in [-0.4, -0.2) is 17.1 Å². The van der Waals surface area contributed by atoms with Gasteiger partial charge < -0.3 is 5.32 Å². The number of hydrogen-bond acceptors (Lipinski definition) is 4. The van der Waals surface area contributed by atoms with E-state index in [9.17, 15) is 8.78 Å². The van der Waals surface area contributed by atoms with Crippen molar-refractivity contribution < 1.29 is 8.78 Å². The fraction of sp³-hybridized carbons (Fsp3) is 0.0476. The van der Waals surface area contributed by atoms with Crippen molar-refractivity contribution in [3.63, 3.8) is 0 Å². The highest BCUT2D eigenvalue weighted by molar-refractivity contribution is 8.14. The molecule has 0 unspecified atom stereocenters. The molecule has 1 aromatic carbocycles. The van der Waals surface area contributed by atoms with Crippen LogP contribution in [0.4, 0.5) is 8.78 Å². The van der Waals surface area contributed by atoms with Gasteiger partial charge in [0.15, 0.2) is 0 Å². The summed E-state index contributed by atoms with van der Waals surface area (Å²) in [5.41, 5.74) is 2.81. The summed E-state index contributed by atoms with van der Waals surface area (Å²) < 4.78 is 25.6. The number of halogens is 3. The minimum absolute atomic E-state index is 0.268. The number of nitrogens with zero attached hydrogens (tertiary/aromatic N) is 1. The molecular weight excluding hydrogens is 400 g/mol. The molecule has 0 saturated carbocycles.